The number of likely N-dealkylation sites (tertiary alicyclic amines) is 1. The molecule has 3 atom stereocenters. The lowest BCUT2D eigenvalue weighted by Crippen LogP contribution is -2.43. The van der Waals surface area contributed by atoms with Crippen LogP contribution in [0.2, 0.25) is 0 Å². The third-order valence-electron chi connectivity index (χ3n) is 5.27. The monoisotopic (exact) mass is 280 g/mol. The van der Waals surface area contributed by atoms with Crippen molar-refractivity contribution in [3.63, 3.8) is 0 Å². The van der Waals surface area contributed by atoms with Gasteiger partial charge in [-0.3, -0.25) is 14.5 Å². The van der Waals surface area contributed by atoms with Gasteiger partial charge in [0.25, 0.3) is 0 Å². The molecular formula is C15H24N2O3. The topological polar surface area (TPSA) is 60.9 Å². The van der Waals surface area contributed by atoms with Gasteiger partial charge in [-0.05, 0) is 32.1 Å². The van der Waals surface area contributed by atoms with Crippen molar-refractivity contribution >= 4 is 11.9 Å². The van der Waals surface area contributed by atoms with Crippen LogP contribution in [0, 0.1) is 5.92 Å². The number of hydrogen-bond acceptors (Lipinski definition) is 3. The van der Waals surface area contributed by atoms with E-state index in [1.807, 2.05) is 4.90 Å². The van der Waals surface area contributed by atoms with Crippen LogP contribution in [0.15, 0.2) is 0 Å². The predicted molar refractivity (Wildman–Crippen MR) is 74.3 cm³/mol. The van der Waals surface area contributed by atoms with E-state index in [9.17, 15) is 14.7 Å². The van der Waals surface area contributed by atoms with Gasteiger partial charge in [0.2, 0.25) is 5.91 Å². The summed E-state index contributed by atoms with van der Waals surface area (Å²) in [5.41, 5.74) is 0. The Bertz CT molecular complexity index is 391. The van der Waals surface area contributed by atoms with Gasteiger partial charge in [0, 0.05) is 25.2 Å². The first-order valence-corrected chi connectivity index (χ1v) is 7.93. The molecule has 0 spiro atoms. The maximum Gasteiger partial charge on any atom is 0.308 e. The molecule has 1 amide bonds. The van der Waals surface area contributed by atoms with E-state index < -0.39 is 5.97 Å². The van der Waals surface area contributed by atoms with Crippen molar-refractivity contribution in [2.24, 2.45) is 5.92 Å². The van der Waals surface area contributed by atoms with Gasteiger partial charge in [-0.25, -0.2) is 0 Å². The molecular weight excluding hydrogens is 256 g/mol. The van der Waals surface area contributed by atoms with Crippen molar-refractivity contribution in [1.29, 1.82) is 0 Å². The second kappa shape index (κ2) is 5.72. The van der Waals surface area contributed by atoms with Crippen molar-refractivity contribution < 1.29 is 14.7 Å². The Hall–Kier alpha value is -1.10. The highest BCUT2D eigenvalue weighted by Crippen LogP contribution is 2.41. The average molecular weight is 280 g/mol. The Kier molecular flexibility index (Phi) is 3.96. The minimum Gasteiger partial charge on any atom is -0.481 e. The van der Waals surface area contributed by atoms with E-state index in [2.05, 4.69) is 4.90 Å². The Morgan fingerprint density at radius 1 is 1.05 bits per heavy atom. The third-order valence-corrected chi connectivity index (χ3v) is 5.27. The van der Waals surface area contributed by atoms with E-state index in [4.69, 9.17) is 0 Å². The van der Waals surface area contributed by atoms with Gasteiger partial charge in [0.1, 0.15) is 0 Å². The SMILES string of the molecule is O=C(O)C1CC2CCC1N2CC(=O)N1CCCCCC1. The highest BCUT2D eigenvalue weighted by Gasteiger charge is 2.49. The van der Waals surface area contributed by atoms with Crippen molar-refractivity contribution in [2.75, 3.05) is 19.6 Å². The Balaban J connectivity index is 1.60. The molecule has 0 aromatic carbocycles. The Morgan fingerprint density at radius 2 is 1.75 bits per heavy atom. The van der Waals surface area contributed by atoms with Gasteiger partial charge < -0.3 is 10.0 Å². The number of rotatable bonds is 3. The number of carboxylic acid groups (broad SMARTS) is 1. The van der Waals surface area contributed by atoms with Gasteiger partial charge in [-0.2, -0.15) is 0 Å². The summed E-state index contributed by atoms with van der Waals surface area (Å²) in [7, 11) is 0. The number of fused-ring (bicyclic) bond motifs is 2. The molecule has 0 saturated carbocycles. The molecule has 5 nitrogen and oxygen atoms in total. The summed E-state index contributed by atoms with van der Waals surface area (Å²) in [5.74, 6) is -0.745. The maximum absolute atomic E-state index is 12.4. The molecule has 5 heteroatoms. The highest BCUT2D eigenvalue weighted by atomic mass is 16.4. The Morgan fingerprint density at radius 3 is 2.35 bits per heavy atom. The van der Waals surface area contributed by atoms with Crippen molar-refractivity contribution in [3.05, 3.63) is 0 Å². The molecule has 3 rings (SSSR count). The second-order valence-electron chi connectivity index (χ2n) is 6.45. The van der Waals surface area contributed by atoms with Crippen LogP contribution in [0.3, 0.4) is 0 Å². The summed E-state index contributed by atoms with van der Waals surface area (Å²) < 4.78 is 0. The van der Waals surface area contributed by atoms with Crippen LogP contribution in [0.25, 0.3) is 0 Å². The quantitative estimate of drug-likeness (QED) is 0.847. The lowest BCUT2D eigenvalue weighted by molar-refractivity contribution is -0.143. The number of carboxylic acids is 1. The van der Waals surface area contributed by atoms with Crippen LogP contribution >= 0.6 is 0 Å². The van der Waals surface area contributed by atoms with E-state index in [0.29, 0.717) is 12.6 Å². The molecule has 2 bridgehead atoms. The molecule has 20 heavy (non-hydrogen) atoms. The fourth-order valence-electron chi connectivity index (χ4n) is 4.19. The molecule has 3 unspecified atom stereocenters. The van der Waals surface area contributed by atoms with Crippen molar-refractivity contribution in [2.45, 2.75) is 57.0 Å². The first-order valence-electron chi connectivity index (χ1n) is 7.93. The number of hydrogen-bond donors (Lipinski definition) is 1. The van der Waals surface area contributed by atoms with E-state index in [1.54, 1.807) is 0 Å². The molecule has 0 radical (unpaired) electrons. The van der Waals surface area contributed by atoms with Gasteiger partial charge in [0.05, 0.1) is 12.5 Å². The molecule has 0 aliphatic carbocycles. The van der Waals surface area contributed by atoms with Crippen LogP contribution in [0.1, 0.15) is 44.9 Å². The zero-order valence-electron chi connectivity index (χ0n) is 12.0. The molecule has 3 saturated heterocycles. The molecule has 1 N–H and O–H groups in total. The minimum atomic E-state index is -0.690. The van der Waals surface area contributed by atoms with Crippen LogP contribution in [-0.2, 0) is 9.59 Å². The largest absolute Gasteiger partial charge is 0.481 e. The number of carbonyl (C=O) groups excluding carboxylic acids is 1. The smallest absolute Gasteiger partial charge is 0.308 e. The number of carbonyl (C=O) groups is 2. The predicted octanol–water partition coefficient (Wildman–Crippen LogP) is 1.33. The number of aliphatic carboxylic acids is 1. The van der Waals surface area contributed by atoms with Crippen LogP contribution < -0.4 is 0 Å². The van der Waals surface area contributed by atoms with E-state index in [1.165, 1.54) is 12.8 Å². The van der Waals surface area contributed by atoms with Crippen LogP contribution in [-0.4, -0.2) is 58.5 Å². The summed E-state index contributed by atoms with van der Waals surface area (Å²) in [6.45, 7) is 2.19. The van der Waals surface area contributed by atoms with E-state index >= 15 is 0 Å². The fraction of sp³-hybridized carbons (Fsp3) is 0.867. The van der Waals surface area contributed by atoms with E-state index in [-0.39, 0.29) is 17.9 Å². The number of amides is 1. The first kappa shape index (κ1) is 13.9. The molecule has 112 valence electrons. The van der Waals surface area contributed by atoms with Gasteiger partial charge in [0.15, 0.2) is 0 Å². The van der Waals surface area contributed by atoms with Crippen LogP contribution in [0.5, 0.6) is 0 Å². The standard InChI is InChI=1S/C15H24N2O3/c18-14(16-7-3-1-2-4-8-16)10-17-11-5-6-13(17)12(9-11)15(19)20/h11-13H,1-10H2,(H,19,20). The molecule has 0 aromatic rings. The molecule has 3 aliphatic rings. The highest BCUT2D eigenvalue weighted by molar-refractivity contribution is 5.79. The van der Waals surface area contributed by atoms with Crippen molar-refractivity contribution in [1.82, 2.24) is 9.80 Å². The first-order chi connectivity index (χ1) is 9.66. The van der Waals surface area contributed by atoms with Crippen LogP contribution in [0.4, 0.5) is 0 Å². The summed E-state index contributed by atoms with van der Waals surface area (Å²) in [4.78, 5) is 27.8. The zero-order chi connectivity index (χ0) is 14.1. The molecule has 3 fully saturated rings. The fourth-order valence-corrected chi connectivity index (χ4v) is 4.19. The van der Waals surface area contributed by atoms with E-state index in [0.717, 1.165) is 45.2 Å². The molecule has 3 aliphatic heterocycles. The van der Waals surface area contributed by atoms with Crippen molar-refractivity contribution in [3.8, 4) is 0 Å². The third kappa shape index (κ3) is 2.55. The Labute approximate surface area is 119 Å². The average Bonchev–Trinajstić information content (AvgIpc) is 2.85. The zero-order valence-corrected chi connectivity index (χ0v) is 12.0. The molecule has 3 heterocycles. The minimum absolute atomic E-state index is 0.0911. The molecule has 0 aromatic heterocycles. The summed E-state index contributed by atoms with van der Waals surface area (Å²) in [6.07, 6.45) is 7.39. The summed E-state index contributed by atoms with van der Waals surface area (Å²) in [6, 6.07) is 0.408. The lowest BCUT2D eigenvalue weighted by Gasteiger charge is -2.27. The summed E-state index contributed by atoms with van der Waals surface area (Å²) in [5, 5.41) is 9.25. The maximum atomic E-state index is 12.4. The van der Waals surface area contributed by atoms with Gasteiger partial charge in [-0.1, -0.05) is 12.8 Å². The normalized spacial score (nSPS) is 34.2. The van der Waals surface area contributed by atoms with Gasteiger partial charge >= 0.3 is 5.97 Å². The lowest BCUT2D eigenvalue weighted by atomic mass is 9.89. The summed E-state index contributed by atoms with van der Waals surface area (Å²) >= 11 is 0. The van der Waals surface area contributed by atoms with Gasteiger partial charge in [-0.15, -0.1) is 0 Å². The second-order valence-corrected chi connectivity index (χ2v) is 6.45. The number of nitrogens with zero attached hydrogens (tertiary/aromatic N) is 2.